The van der Waals surface area contributed by atoms with Crippen LogP contribution in [0.1, 0.15) is 89.5 Å². The third-order valence-electron chi connectivity index (χ3n) is 7.61. The summed E-state index contributed by atoms with van der Waals surface area (Å²) < 4.78 is 16.3. The molecule has 1 N–H and O–H groups in total. The van der Waals surface area contributed by atoms with Crippen molar-refractivity contribution in [2.75, 3.05) is 20.8 Å². The third-order valence-corrected chi connectivity index (χ3v) is 7.61. The quantitative estimate of drug-likeness (QED) is 0.373. The average Bonchev–Trinajstić information content (AvgIpc) is 3.36. The maximum absolute atomic E-state index is 13.4. The van der Waals surface area contributed by atoms with E-state index in [4.69, 9.17) is 13.9 Å². The first-order chi connectivity index (χ1) is 17.4. The second kappa shape index (κ2) is 10.1. The highest BCUT2D eigenvalue weighted by molar-refractivity contribution is 6.09. The number of ketones is 1. The number of rotatable bonds is 8. The summed E-state index contributed by atoms with van der Waals surface area (Å²) in [6.45, 7) is 11.4. The molecule has 37 heavy (non-hydrogen) atoms. The number of nitrogens with one attached hydrogen (secondary N) is 1. The van der Waals surface area contributed by atoms with Gasteiger partial charge in [0, 0.05) is 18.2 Å². The van der Waals surface area contributed by atoms with Crippen LogP contribution in [0.25, 0.3) is 0 Å². The smallest absolute Gasteiger partial charge is 0.287 e. The van der Waals surface area contributed by atoms with E-state index >= 15 is 0 Å². The molecule has 6 nitrogen and oxygen atoms in total. The number of amides is 1. The summed E-state index contributed by atoms with van der Waals surface area (Å²) in [5.74, 6) is 1.10. The molecule has 0 spiro atoms. The van der Waals surface area contributed by atoms with Crippen molar-refractivity contribution in [3.63, 3.8) is 0 Å². The van der Waals surface area contributed by atoms with Gasteiger partial charge in [-0.05, 0) is 89.6 Å². The maximum Gasteiger partial charge on any atom is 0.287 e. The lowest BCUT2D eigenvalue weighted by atomic mass is 9.62. The van der Waals surface area contributed by atoms with Crippen LogP contribution in [-0.4, -0.2) is 32.5 Å². The number of ether oxygens (including phenoxy) is 2. The third kappa shape index (κ3) is 5.43. The first-order valence-corrected chi connectivity index (χ1v) is 12.8. The molecule has 1 aromatic heterocycles. The number of carbonyl (C=O) groups is 2. The summed E-state index contributed by atoms with van der Waals surface area (Å²) in [6, 6.07) is 12.9. The van der Waals surface area contributed by atoms with Gasteiger partial charge in [-0.1, -0.05) is 33.8 Å². The highest BCUT2D eigenvalue weighted by Gasteiger charge is 2.38. The van der Waals surface area contributed by atoms with Gasteiger partial charge in [0.05, 0.1) is 14.2 Å². The minimum atomic E-state index is -0.362. The van der Waals surface area contributed by atoms with E-state index in [0.29, 0.717) is 30.0 Å². The normalized spacial score (nSPS) is 15.5. The monoisotopic (exact) mass is 503 g/mol. The molecule has 6 heteroatoms. The van der Waals surface area contributed by atoms with Crippen LogP contribution < -0.4 is 14.8 Å². The fourth-order valence-corrected chi connectivity index (χ4v) is 5.10. The summed E-state index contributed by atoms with van der Waals surface area (Å²) in [7, 11) is 3.20. The topological polar surface area (TPSA) is 77.8 Å². The molecule has 1 amide bonds. The van der Waals surface area contributed by atoms with E-state index in [2.05, 4.69) is 39.1 Å². The van der Waals surface area contributed by atoms with Gasteiger partial charge in [-0.15, -0.1) is 0 Å². The van der Waals surface area contributed by atoms with Crippen LogP contribution in [0.3, 0.4) is 0 Å². The summed E-state index contributed by atoms with van der Waals surface area (Å²) in [6.07, 6.45) is 2.77. The Morgan fingerprint density at radius 1 is 0.865 bits per heavy atom. The van der Waals surface area contributed by atoms with Gasteiger partial charge >= 0.3 is 0 Å². The van der Waals surface area contributed by atoms with Crippen LogP contribution in [0.4, 0.5) is 0 Å². The second-order valence-electron chi connectivity index (χ2n) is 11.2. The first kappa shape index (κ1) is 26.5. The van der Waals surface area contributed by atoms with Gasteiger partial charge in [0.1, 0.15) is 11.5 Å². The molecule has 0 unspecified atom stereocenters. The zero-order chi connectivity index (χ0) is 27.0. The fourth-order valence-electron chi connectivity index (χ4n) is 5.10. The Kier molecular flexibility index (Phi) is 7.22. The predicted octanol–water partition coefficient (Wildman–Crippen LogP) is 6.16. The van der Waals surface area contributed by atoms with Crippen molar-refractivity contribution in [2.24, 2.45) is 0 Å². The number of aryl methyl sites for hydroxylation is 1. The SMILES string of the molecule is COc1cc(CCNC(=O)c2ccc(C(=O)c3cc4c(cc3C)C(C)(C)CCC4(C)C)o2)cc(OC)c1. The van der Waals surface area contributed by atoms with Crippen molar-refractivity contribution in [3.05, 3.63) is 81.8 Å². The van der Waals surface area contributed by atoms with Crippen molar-refractivity contribution >= 4 is 11.7 Å². The molecule has 1 aliphatic rings. The Morgan fingerprint density at radius 2 is 1.43 bits per heavy atom. The average molecular weight is 504 g/mol. The van der Waals surface area contributed by atoms with Crippen LogP contribution >= 0.6 is 0 Å². The van der Waals surface area contributed by atoms with Gasteiger partial charge in [-0.3, -0.25) is 9.59 Å². The van der Waals surface area contributed by atoms with Crippen molar-refractivity contribution in [1.82, 2.24) is 5.32 Å². The lowest BCUT2D eigenvalue weighted by Gasteiger charge is -2.42. The number of fused-ring (bicyclic) bond motifs is 1. The Morgan fingerprint density at radius 3 is 2.03 bits per heavy atom. The van der Waals surface area contributed by atoms with E-state index in [1.807, 2.05) is 25.1 Å². The molecular formula is C31H37NO5. The molecule has 0 atom stereocenters. The van der Waals surface area contributed by atoms with E-state index in [1.165, 1.54) is 11.1 Å². The lowest BCUT2D eigenvalue weighted by Crippen LogP contribution is -2.34. The van der Waals surface area contributed by atoms with Gasteiger partial charge in [0.15, 0.2) is 11.5 Å². The number of carbonyl (C=O) groups excluding carboxylic acids is 2. The van der Waals surface area contributed by atoms with Crippen molar-refractivity contribution in [3.8, 4) is 11.5 Å². The van der Waals surface area contributed by atoms with Gasteiger partial charge in [0.25, 0.3) is 5.91 Å². The van der Waals surface area contributed by atoms with E-state index in [0.717, 1.165) is 24.0 Å². The Bertz CT molecular complexity index is 1310. The molecule has 0 bridgehead atoms. The van der Waals surface area contributed by atoms with Crippen LogP contribution in [0.2, 0.25) is 0 Å². The number of hydrogen-bond donors (Lipinski definition) is 1. The number of hydrogen-bond acceptors (Lipinski definition) is 5. The largest absolute Gasteiger partial charge is 0.497 e. The predicted molar refractivity (Wildman–Crippen MR) is 144 cm³/mol. The molecule has 1 aliphatic carbocycles. The van der Waals surface area contributed by atoms with E-state index in [1.54, 1.807) is 32.4 Å². The summed E-state index contributed by atoms with van der Waals surface area (Å²) in [4.78, 5) is 26.1. The molecule has 3 aromatic rings. The van der Waals surface area contributed by atoms with E-state index < -0.39 is 0 Å². The van der Waals surface area contributed by atoms with Crippen LogP contribution in [0.15, 0.2) is 46.9 Å². The van der Waals surface area contributed by atoms with Crippen molar-refractivity contribution < 1.29 is 23.5 Å². The Labute approximate surface area is 219 Å². The zero-order valence-electron chi connectivity index (χ0n) is 22.9. The van der Waals surface area contributed by atoms with Crippen LogP contribution in [-0.2, 0) is 17.3 Å². The van der Waals surface area contributed by atoms with Crippen molar-refractivity contribution in [1.29, 1.82) is 0 Å². The van der Waals surface area contributed by atoms with Crippen molar-refractivity contribution in [2.45, 2.75) is 64.7 Å². The second-order valence-corrected chi connectivity index (χ2v) is 11.2. The van der Waals surface area contributed by atoms with Gasteiger partial charge in [-0.2, -0.15) is 0 Å². The van der Waals surface area contributed by atoms with Gasteiger partial charge in [0.2, 0.25) is 5.78 Å². The summed E-state index contributed by atoms with van der Waals surface area (Å²) in [5.41, 5.74) is 5.11. The van der Waals surface area contributed by atoms with Gasteiger partial charge < -0.3 is 19.2 Å². The number of benzene rings is 2. The molecule has 4 rings (SSSR count). The zero-order valence-corrected chi connectivity index (χ0v) is 22.9. The van der Waals surface area contributed by atoms with E-state index in [-0.39, 0.29) is 34.0 Å². The molecule has 0 aliphatic heterocycles. The highest BCUT2D eigenvalue weighted by atomic mass is 16.5. The van der Waals surface area contributed by atoms with E-state index in [9.17, 15) is 9.59 Å². The maximum atomic E-state index is 13.4. The lowest BCUT2D eigenvalue weighted by molar-refractivity contribution is 0.0920. The molecule has 0 saturated heterocycles. The minimum absolute atomic E-state index is 0.00537. The molecule has 2 aromatic carbocycles. The molecule has 0 radical (unpaired) electrons. The fraction of sp³-hybridized carbons (Fsp3) is 0.419. The highest BCUT2D eigenvalue weighted by Crippen LogP contribution is 2.46. The Hall–Kier alpha value is -3.54. The Balaban J connectivity index is 1.47. The molecule has 1 heterocycles. The van der Waals surface area contributed by atoms with Gasteiger partial charge in [-0.25, -0.2) is 0 Å². The summed E-state index contributed by atoms with van der Waals surface area (Å²) >= 11 is 0. The molecule has 0 fully saturated rings. The molecule has 0 saturated carbocycles. The molecular weight excluding hydrogens is 466 g/mol. The standard InChI is InChI=1S/C31H37NO5/c1-19-14-24-25(31(4,5)12-11-30(24,2)3)18-23(19)28(33)26-8-9-27(37-26)29(34)32-13-10-20-15-21(35-6)17-22(16-20)36-7/h8-9,14-18H,10-13H2,1-7H3,(H,32,34). The molecule has 196 valence electrons. The number of furan rings is 1. The van der Waals surface area contributed by atoms with Crippen LogP contribution in [0.5, 0.6) is 11.5 Å². The van der Waals surface area contributed by atoms with Crippen LogP contribution in [0, 0.1) is 6.92 Å². The number of methoxy groups -OCH3 is 2. The first-order valence-electron chi connectivity index (χ1n) is 12.8. The minimum Gasteiger partial charge on any atom is -0.497 e. The summed E-state index contributed by atoms with van der Waals surface area (Å²) in [5, 5.41) is 2.86.